The maximum Gasteiger partial charge on any atom is -0.0326 e. The van der Waals surface area contributed by atoms with Crippen molar-refractivity contribution >= 4 is 0 Å². The highest BCUT2D eigenvalue weighted by molar-refractivity contribution is 4.85. The van der Waals surface area contributed by atoms with Crippen molar-refractivity contribution in [2.45, 2.75) is 40.5 Å². The van der Waals surface area contributed by atoms with Crippen LogP contribution in [-0.2, 0) is 0 Å². The standard InChI is InChI=1S/C9H18/c1-7-5-8(2)9(3,4)6-7/h7-8H,5-6H2,1-4H3/t7-,8-/m0/s1. The first-order valence-corrected chi connectivity index (χ1v) is 4.02. The monoisotopic (exact) mass is 126 g/mol. The molecular formula is C9H18. The molecule has 0 unspecified atom stereocenters. The third-order valence-electron chi connectivity index (χ3n) is 2.96. The first kappa shape index (κ1) is 7.11. The van der Waals surface area contributed by atoms with E-state index in [1.54, 1.807) is 0 Å². The largest absolute Gasteiger partial charge is 0.0625 e. The molecule has 0 spiro atoms. The van der Waals surface area contributed by atoms with Crippen molar-refractivity contribution in [3.05, 3.63) is 0 Å². The average molecular weight is 126 g/mol. The van der Waals surface area contributed by atoms with Gasteiger partial charge in [0.15, 0.2) is 0 Å². The summed E-state index contributed by atoms with van der Waals surface area (Å²) in [7, 11) is 0. The molecule has 9 heavy (non-hydrogen) atoms. The quantitative estimate of drug-likeness (QED) is 0.468. The van der Waals surface area contributed by atoms with E-state index in [0.29, 0.717) is 5.41 Å². The Labute approximate surface area is 58.7 Å². The Kier molecular flexibility index (Phi) is 1.58. The molecule has 1 aliphatic rings. The fourth-order valence-electron chi connectivity index (χ4n) is 2.11. The van der Waals surface area contributed by atoms with Gasteiger partial charge in [0.1, 0.15) is 0 Å². The van der Waals surface area contributed by atoms with Crippen LogP contribution in [0.25, 0.3) is 0 Å². The Hall–Kier alpha value is 0. The third kappa shape index (κ3) is 1.28. The summed E-state index contributed by atoms with van der Waals surface area (Å²) in [5, 5.41) is 0. The molecule has 0 aromatic rings. The molecule has 0 bridgehead atoms. The normalized spacial score (nSPS) is 41.3. The van der Waals surface area contributed by atoms with Crippen LogP contribution in [0.1, 0.15) is 40.5 Å². The van der Waals surface area contributed by atoms with Crippen molar-refractivity contribution in [1.29, 1.82) is 0 Å². The van der Waals surface area contributed by atoms with Crippen LogP contribution in [-0.4, -0.2) is 0 Å². The molecule has 1 aliphatic carbocycles. The van der Waals surface area contributed by atoms with Crippen LogP contribution in [0, 0.1) is 17.3 Å². The summed E-state index contributed by atoms with van der Waals surface area (Å²) >= 11 is 0. The van der Waals surface area contributed by atoms with Gasteiger partial charge in [-0.25, -0.2) is 0 Å². The van der Waals surface area contributed by atoms with E-state index < -0.39 is 0 Å². The SMILES string of the molecule is C[C@H]1C[C@H](C)C(C)(C)C1. The molecule has 54 valence electrons. The number of hydrogen-bond donors (Lipinski definition) is 0. The van der Waals surface area contributed by atoms with E-state index in [2.05, 4.69) is 27.7 Å². The lowest BCUT2D eigenvalue weighted by Crippen LogP contribution is -2.13. The lowest BCUT2D eigenvalue weighted by Gasteiger charge is -2.22. The van der Waals surface area contributed by atoms with E-state index in [0.717, 1.165) is 11.8 Å². The summed E-state index contributed by atoms with van der Waals surface area (Å²) in [4.78, 5) is 0. The summed E-state index contributed by atoms with van der Waals surface area (Å²) in [6.07, 6.45) is 2.86. The molecule has 0 nitrogen and oxygen atoms in total. The molecule has 0 radical (unpaired) electrons. The Balaban J connectivity index is 2.58. The second-order valence-electron chi connectivity index (χ2n) is 4.43. The van der Waals surface area contributed by atoms with Gasteiger partial charge in [-0.1, -0.05) is 27.7 Å². The Morgan fingerprint density at radius 2 is 1.78 bits per heavy atom. The number of hydrogen-bond acceptors (Lipinski definition) is 0. The zero-order valence-electron chi connectivity index (χ0n) is 7.07. The zero-order chi connectivity index (χ0) is 7.07. The fraction of sp³-hybridized carbons (Fsp3) is 1.00. The smallest absolute Gasteiger partial charge is 0.0326 e. The molecule has 0 heterocycles. The van der Waals surface area contributed by atoms with Crippen LogP contribution >= 0.6 is 0 Å². The molecule has 0 N–H and O–H groups in total. The topological polar surface area (TPSA) is 0 Å². The van der Waals surface area contributed by atoms with Gasteiger partial charge in [0, 0.05) is 0 Å². The molecule has 0 heteroatoms. The van der Waals surface area contributed by atoms with Gasteiger partial charge in [-0.3, -0.25) is 0 Å². The maximum atomic E-state index is 2.39. The Bertz CT molecular complexity index is 103. The van der Waals surface area contributed by atoms with Crippen LogP contribution in [0.3, 0.4) is 0 Å². The summed E-state index contributed by atoms with van der Waals surface area (Å²) < 4.78 is 0. The Morgan fingerprint density at radius 3 is 1.89 bits per heavy atom. The van der Waals surface area contributed by atoms with Crippen molar-refractivity contribution in [1.82, 2.24) is 0 Å². The van der Waals surface area contributed by atoms with Gasteiger partial charge in [-0.15, -0.1) is 0 Å². The van der Waals surface area contributed by atoms with E-state index >= 15 is 0 Å². The lowest BCUT2D eigenvalue weighted by atomic mass is 9.83. The molecular weight excluding hydrogens is 108 g/mol. The maximum absolute atomic E-state index is 2.39. The predicted octanol–water partition coefficient (Wildman–Crippen LogP) is 3.08. The van der Waals surface area contributed by atoms with E-state index in [1.807, 2.05) is 0 Å². The molecule has 0 amide bonds. The zero-order valence-corrected chi connectivity index (χ0v) is 7.07. The molecule has 1 fully saturated rings. The minimum absolute atomic E-state index is 0.624. The van der Waals surface area contributed by atoms with Crippen LogP contribution in [0.5, 0.6) is 0 Å². The summed E-state index contributed by atoms with van der Waals surface area (Å²) in [6.45, 7) is 9.52. The Morgan fingerprint density at radius 1 is 1.22 bits per heavy atom. The van der Waals surface area contributed by atoms with E-state index in [9.17, 15) is 0 Å². The first-order chi connectivity index (χ1) is 4.02. The van der Waals surface area contributed by atoms with Gasteiger partial charge in [-0.05, 0) is 30.1 Å². The van der Waals surface area contributed by atoms with Crippen molar-refractivity contribution in [2.75, 3.05) is 0 Å². The van der Waals surface area contributed by atoms with Crippen LogP contribution in [0.4, 0.5) is 0 Å². The molecule has 0 aromatic heterocycles. The highest BCUT2D eigenvalue weighted by atomic mass is 14.4. The van der Waals surface area contributed by atoms with Gasteiger partial charge in [0.25, 0.3) is 0 Å². The van der Waals surface area contributed by atoms with Crippen LogP contribution in [0.15, 0.2) is 0 Å². The third-order valence-corrected chi connectivity index (χ3v) is 2.96. The molecule has 1 saturated carbocycles. The van der Waals surface area contributed by atoms with Crippen molar-refractivity contribution in [3.8, 4) is 0 Å². The molecule has 1 rings (SSSR count). The highest BCUT2D eigenvalue weighted by Gasteiger charge is 2.34. The van der Waals surface area contributed by atoms with Crippen LogP contribution < -0.4 is 0 Å². The molecule has 0 aliphatic heterocycles. The summed E-state index contributed by atoms with van der Waals surface area (Å²) in [5.41, 5.74) is 0.624. The van der Waals surface area contributed by atoms with Crippen molar-refractivity contribution in [3.63, 3.8) is 0 Å². The van der Waals surface area contributed by atoms with Gasteiger partial charge >= 0.3 is 0 Å². The van der Waals surface area contributed by atoms with Gasteiger partial charge in [0.2, 0.25) is 0 Å². The second-order valence-corrected chi connectivity index (χ2v) is 4.43. The van der Waals surface area contributed by atoms with Gasteiger partial charge in [-0.2, -0.15) is 0 Å². The molecule has 2 atom stereocenters. The van der Waals surface area contributed by atoms with Crippen molar-refractivity contribution in [2.24, 2.45) is 17.3 Å². The van der Waals surface area contributed by atoms with Crippen LogP contribution in [0.2, 0.25) is 0 Å². The van der Waals surface area contributed by atoms with E-state index in [-0.39, 0.29) is 0 Å². The predicted molar refractivity (Wildman–Crippen MR) is 41.3 cm³/mol. The van der Waals surface area contributed by atoms with E-state index in [1.165, 1.54) is 12.8 Å². The summed E-state index contributed by atoms with van der Waals surface area (Å²) in [5.74, 6) is 1.91. The minimum Gasteiger partial charge on any atom is -0.0625 e. The summed E-state index contributed by atoms with van der Waals surface area (Å²) in [6, 6.07) is 0. The molecule has 0 aromatic carbocycles. The highest BCUT2D eigenvalue weighted by Crippen LogP contribution is 2.45. The van der Waals surface area contributed by atoms with Gasteiger partial charge in [0.05, 0.1) is 0 Å². The van der Waals surface area contributed by atoms with Gasteiger partial charge < -0.3 is 0 Å². The molecule has 0 saturated heterocycles. The first-order valence-electron chi connectivity index (χ1n) is 4.02. The van der Waals surface area contributed by atoms with E-state index in [4.69, 9.17) is 0 Å². The number of rotatable bonds is 0. The lowest BCUT2D eigenvalue weighted by molar-refractivity contribution is 0.278. The average Bonchev–Trinajstić information content (AvgIpc) is 1.79. The van der Waals surface area contributed by atoms with Crippen molar-refractivity contribution < 1.29 is 0 Å². The minimum atomic E-state index is 0.624. The fourth-order valence-corrected chi connectivity index (χ4v) is 2.11. The second kappa shape index (κ2) is 2.00.